The largest absolute Gasteiger partial charge is 0.455 e. The first kappa shape index (κ1) is 21.0. The molecule has 6 heteroatoms. The summed E-state index contributed by atoms with van der Waals surface area (Å²) in [6, 6.07) is 15.6. The molecule has 4 rings (SSSR count). The van der Waals surface area contributed by atoms with Crippen LogP contribution >= 0.6 is 0 Å². The van der Waals surface area contributed by atoms with E-state index in [0.29, 0.717) is 29.7 Å². The van der Waals surface area contributed by atoms with E-state index in [-0.39, 0.29) is 29.3 Å². The Morgan fingerprint density at radius 2 is 1.55 bits per heavy atom. The number of carbonyl (C=O) groups excluding carboxylic acids is 4. The van der Waals surface area contributed by atoms with Crippen LogP contribution in [0.15, 0.2) is 54.6 Å². The Morgan fingerprint density at radius 3 is 2.26 bits per heavy atom. The van der Waals surface area contributed by atoms with Crippen molar-refractivity contribution in [1.29, 1.82) is 0 Å². The predicted octanol–water partition coefficient (Wildman–Crippen LogP) is 3.79. The molecule has 2 fully saturated rings. The first-order chi connectivity index (χ1) is 15.0. The lowest BCUT2D eigenvalue weighted by Gasteiger charge is -2.36. The van der Waals surface area contributed by atoms with Crippen molar-refractivity contribution in [3.05, 3.63) is 65.7 Å². The number of Topliss-reactive ketones (excluding diaryl/α,β-unsaturated/α-hetero) is 1. The highest BCUT2D eigenvalue weighted by Gasteiger charge is 2.41. The van der Waals surface area contributed by atoms with E-state index in [2.05, 4.69) is 5.32 Å². The van der Waals surface area contributed by atoms with Crippen molar-refractivity contribution in [1.82, 2.24) is 0 Å². The summed E-state index contributed by atoms with van der Waals surface area (Å²) in [7, 11) is 0. The van der Waals surface area contributed by atoms with Crippen LogP contribution < -0.4 is 5.32 Å². The van der Waals surface area contributed by atoms with Crippen LogP contribution in [0.2, 0.25) is 0 Å². The number of hydrogen-bond acceptors (Lipinski definition) is 5. The number of para-hydroxylation sites is 1. The van der Waals surface area contributed by atoms with Crippen molar-refractivity contribution in [2.45, 2.75) is 32.1 Å². The van der Waals surface area contributed by atoms with Gasteiger partial charge in [-0.05, 0) is 37.8 Å². The second-order valence-electron chi connectivity index (χ2n) is 8.29. The molecule has 0 aliphatic heterocycles. The van der Waals surface area contributed by atoms with E-state index in [0.717, 1.165) is 19.3 Å². The minimum Gasteiger partial charge on any atom is -0.455 e. The van der Waals surface area contributed by atoms with Gasteiger partial charge < -0.3 is 10.1 Å². The Hall–Kier alpha value is -3.28. The van der Waals surface area contributed by atoms with Gasteiger partial charge in [0.1, 0.15) is 5.78 Å². The number of rotatable bonds is 6. The van der Waals surface area contributed by atoms with E-state index >= 15 is 0 Å². The number of carbonyl (C=O) groups is 4. The summed E-state index contributed by atoms with van der Waals surface area (Å²) in [6.07, 6.45) is 3.75. The van der Waals surface area contributed by atoms with Gasteiger partial charge in [0.25, 0.3) is 5.91 Å². The Labute approximate surface area is 181 Å². The van der Waals surface area contributed by atoms with Gasteiger partial charge in [0.05, 0.1) is 11.6 Å². The zero-order chi connectivity index (χ0) is 21.8. The van der Waals surface area contributed by atoms with Crippen molar-refractivity contribution in [2.24, 2.45) is 17.8 Å². The predicted molar refractivity (Wildman–Crippen MR) is 114 cm³/mol. The standard InChI is InChI=1S/C25H25NO5/c27-22(15-31-25(30)19-13-17-9-6-10-18(14-19)23(17)28)26-21-12-5-4-11-20(21)24(29)16-7-2-1-3-8-16/h1-5,7-8,11-12,17-19H,6,9-10,13-15H2,(H,26,27). The molecule has 2 aromatic rings. The van der Waals surface area contributed by atoms with Crippen molar-refractivity contribution in [3.63, 3.8) is 0 Å². The fourth-order valence-electron chi connectivity index (χ4n) is 4.65. The molecule has 2 saturated carbocycles. The van der Waals surface area contributed by atoms with Gasteiger partial charge in [0.2, 0.25) is 0 Å². The van der Waals surface area contributed by atoms with Gasteiger partial charge in [-0.1, -0.05) is 48.9 Å². The van der Waals surface area contributed by atoms with E-state index in [9.17, 15) is 19.2 Å². The summed E-state index contributed by atoms with van der Waals surface area (Å²) in [6.45, 7) is -0.424. The lowest BCUT2D eigenvalue weighted by atomic mass is 9.67. The number of fused-ring (bicyclic) bond motifs is 2. The Bertz CT molecular complexity index is 984. The zero-order valence-electron chi connectivity index (χ0n) is 17.2. The lowest BCUT2D eigenvalue weighted by Crippen LogP contribution is -2.40. The van der Waals surface area contributed by atoms with Gasteiger partial charge in [0.15, 0.2) is 12.4 Å². The molecule has 2 unspecified atom stereocenters. The van der Waals surface area contributed by atoms with Crippen LogP contribution in [0.4, 0.5) is 5.69 Å². The maximum absolute atomic E-state index is 12.8. The molecule has 0 aromatic heterocycles. The summed E-state index contributed by atoms with van der Waals surface area (Å²) in [5.74, 6) is -1.26. The number of nitrogens with one attached hydrogen (secondary N) is 1. The SMILES string of the molecule is O=C(COC(=O)C1CC2CCCC(C1)C2=O)Nc1ccccc1C(=O)c1ccccc1. The van der Waals surface area contributed by atoms with Crippen LogP contribution in [0.5, 0.6) is 0 Å². The Morgan fingerprint density at radius 1 is 0.903 bits per heavy atom. The summed E-state index contributed by atoms with van der Waals surface area (Å²) in [5.41, 5.74) is 1.26. The van der Waals surface area contributed by atoms with Crippen LogP contribution in [-0.2, 0) is 19.1 Å². The average molecular weight is 419 g/mol. The fraction of sp³-hybridized carbons (Fsp3) is 0.360. The number of ether oxygens (including phenoxy) is 1. The maximum atomic E-state index is 12.8. The van der Waals surface area contributed by atoms with E-state index in [1.54, 1.807) is 48.5 Å². The summed E-state index contributed by atoms with van der Waals surface area (Å²) in [4.78, 5) is 49.9. The molecular weight excluding hydrogens is 394 g/mol. The molecule has 1 N–H and O–H groups in total. The normalized spacial score (nSPS) is 22.5. The molecule has 2 aliphatic rings. The van der Waals surface area contributed by atoms with Gasteiger partial charge in [-0.2, -0.15) is 0 Å². The van der Waals surface area contributed by atoms with Crippen LogP contribution in [0, 0.1) is 17.8 Å². The maximum Gasteiger partial charge on any atom is 0.309 e. The highest BCUT2D eigenvalue weighted by molar-refractivity contribution is 6.13. The molecular formula is C25H25NO5. The smallest absolute Gasteiger partial charge is 0.309 e. The van der Waals surface area contributed by atoms with E-state index in [1.165, 1.54) is 0 Å². The van der Waals surface area contributed by atoms with Gasteiger partial charge in [-0.15, -0.1) is 0 Å². The molecule has 2 aromatic carbocycles. The van der Waals surface area contributed by atoms with Gasteiger partial charge in [0, 0.05) is 23.0 Å². The minimum absolute atomic E-state index is 0.0465. The Balaban J connectivity index is 1.35. The quantitative estimate of drug-likeness (QED) is 0.568. The second-order valence-corrected chi connectivity index (χ2v) is 8.29. The molecule has 6 nitrogen and oxygen atoms in total. The van der Waals surface area contributed by atoms with Crippen molar-refractivity contribution < 1.29 is 23.9 Å². The van der Waals surface area contributed by atoms with Crippen LogP contribution in [0.3, 0.4) is 0 Å². The topological polar surface area (TPSA) is 89.5 Å². The minimum atomic E-state index is -0.506. The molecule has 2 atom stereocenters. The van der Waals surface area contributed by atoms with Gasteiger partial charge >= 0.3 is 5.97 Å². The average Bonchev–Trinajstić information content (AvgIpc) is 2.78. The van der Waals surface area contributed by atoms with Crippen molar-refractivity contribution >= 4 is 29.1 Å². The first-order valence-electron chi connectivity index (χ1n) is 10.7. The number of anilines is 1. The Kier molecular flexibility index (Phi) is 6.26. The summed E-state index contributed by atoms with van der Waals surface area (Å²) in [5, 5.41) is 2.68. The number of benzene rings is 2. The summed E-state index contributed by atoms with van der Waals surface area (Å²) < 4.78 is 5.25. The molecule has 0 spiro atoms. The van der Waals surface area contributed by atoms with E-state index < -0.39 is 18.5 Å². The molecule has 0 heterocycles. The highest BCUT2D eigenvalue weighted by Crippen LogP contribution is 2.40. The highest BCUT2D eigenvalue weighted by atomic mass is 16.5. The molecule has 31 heavy (non-hydrogen) atoms. The van der Waals surface area contributed by atoms with Gasteiger partial charge in [-0.3, -0.25) is 19.2 Å². The number of esters is 1. The summed E-state index contributed by atoms with van der Waals surface area (Å²) >= 11 is 0. The van der Waals surface area contributed by atoms with E-state index in [4.69, 9.17) is 4.74 Å². The van der Waals surface area contributed by atoms with Crippen LogP contribution in [0.25, 0.3) is 0 Å². The third-order valence-corrected chi connectivity index (χ3v) is 6.21. The number of amides is 1. The van der Waals surface area contributed by atoms with Crippen LogP contribution in [0.1, 0.15) is 48.0 Å². The first-order valence-corrected chi connectivity index (χ1v) is 10.7. The zero-order valence-corrected chi connectivity index (χ0v) is 17.2. The van der Waals surface area contributed by atoms with Crippen molar-refractivity contribution in [3.8, 4) is 0 Å². The number of ketones is 2. The van der Waals surface area contributed by atoms with Crippen LogP contribution in [-0.4, -0.2) is 30.0 Å². The van der Waals surface area contributed by atoms with Crippen molar-refractivity contribution in [2.75, 3.05) is 11.9 Å². The van der Waals surface area contributed by atoms with E-state index in [1.807, 2.05) is 6.07 Å². The fourth-order valence-corrected chi connectivity index (χ4v) is 4.65. The van der Waals surface area contributed by atoms with Gasteiger partial charge in [-0.25, -0.2) is 0 Å². The molecule has 1 amide bonds. The lowest BCUT2D eigenvalue weighted by molar-refractivity contribution is -0.155. The third kappa shape index (κ3) is 4.74. The monoisotopic (exact) mass is 419 g/mol. The molecule has 160 valence electrons. The number of hydrogen-bond donors (Lipinski definition) is 1. The third-order valence-electron chi connectivity index (χ3n) is 6.21. The molecule has 2 bridgehead atoms. The molecule has 0 radical (unpaired) electrons. The second kappa shape index (κ2) is 9.25. The molecule has 2 aliphatic carbocycles. The molecule has 0 saturated heterocycles.